The van der Waals surface area contributed by atoms with Crippen molar-refractivity contribution < 1.29 is 13.2 Å². The maximum absolute atomic E-state index is 13.0. The van der Waals surface area contributed by atoms with Crippen LogP contribution in [0.5, 0.6) is 0 Å². The van der Waals surface area contributed by atoms with Gasteiger partial charge in [-0.1, -0.05) is 30.3 Å². The summed E-state index contributed by atoms with van der Waals surface area (Å²) in [5.41, 5.74) is 2.68. The van der Waals surface area contributed by atoms with E-state index in [9.17, 15) is 13.2 Å². The molecule has 0 saturated carbocycles. The average Bonchev–Trinajstić information content (AvgIpc) is 3.03. The van der Waals surface area contributed by atoms with E-state index in [4.69, 9.17) is 0 Å². The topological polar surface area (TPSA) is 17.3 Å². The molecule has 0 aliphatic heterocycles. The van der Waals surface area contributed by atoms with Gasteiger partial charge in [-0.2, -0.15) is 13.2 Å². The highest BCUT2D eigenvalue weighted by molar-refractivity contribution is 5.88. The number of rotatable bonds is 1. The summed E-state index contributed by atoms with van der Waals surface area (Å²) in [6.07, 6.45) is -2.55. The van der Waals surface area contributed by atoms with Crippen LogP contribution in [-0.4, -0.2) is 9.38 Å². The summed E-state index contributed by atoms with van der Waals surface area (Å²) in [5, 5.41) is 0. The van der Waals surface area contributed by atoms with E-state index in [1.54, 1.807) is 0 Å². The van der Waals surface area contributed by atoms with Gasteiger partial charge >= 0.3 is 6.18 Å². The largest absolute Gasteiger partial charge is 0.416 e. The first-order valence-corrected chi connectivity index (χ1v) is 7.07. The molecule has 0 spiro atoms. The van der Waals surface area contributed by atoms with Crippen LogP contribution >= 0.6 is 0 Å². The number of alkyl halides is 3. The number of benzene rings is 2. The Kier molecular flexibility index (Phi) is 2.91. The fraction of sp³-hybridized carbons (Fsp3) is 0.0556. The third-order valence-electron chi connectivity index (χ3n) is 3.83. The van der Waals surface area contributed by atoms with Crippen molar-refractivity contribution in [2.45, 2.75) is 6.18 Å². The lowest BCUT2D eigenvalue weighted by molar-refractivity contribution is -0.137. The molecule has 0 atom stereocenters. The first-order chi connectivity index (χ1) is 11.0. The molecule has 0 N–H and O–H groups in total. The van der Waals surface area contributed by atoms with Crippen LogP contribution in [0.25, 0.3) is 27.8 Å². The van der Waals surface area contributed by atoms with Gasteiger partial charge in [0.15, 0.2) is 0 Å². The molecule has 0 unspecified atom stereocenters. The van der Waals surface area contributed by atoms with Crippen molar-refractivity contribution in [1.82, 2.24) is 9.38 Å². The Hall–Kier alpha value is -2.82. The molecule has 0 aliphatic carbocycles. The average molecular weight is 312 g/mol. The molecule has 0 aliphatic rings. The van der Waals surface area contributed by atoms with Gasteiger partial charge in [-0.05, 0) is 30.3 Å². The van der Waals surface area contributed by atoms with Crippen LogP contribution in [0.4, 0.5) is 13.2 Å². The van der Waals surface area contributed by atoms with Gasteiger partial charge in [0.2, 0.25) is 0 Å². The van der Waals surface area contributed by atoms with E-state index in [0.29, 0.717) is 16.7 Å². The van der Waals surface area contributed by atoms with Gasteiger partial charge < -0.3 is 4.40 Å². The van der Waals surface area contributed by atoms with Gasteiger partial charge in [-0.15, -0.1) is 0 Å². The Bertz CT molecular complexity index is 1000. The van der Waals surface area contributed by atoms with E-state index in [1.807, 2.05) is 53.1 Å². The van der Waals surface area contributed by atoms with Crippen molar-refractivity contribution in [2.24, 2.45) is 0 Å². The molecule has 5 heteroatoms. The second-order valence-electron chi connectivity index (χ2n) is 5.29. The van der Waals surface area contributed by atoms with E-state index >= 15 is 0 Å². The van der Waals surface area contributed by atoms with Crippen LogP contribution in [0.15, 0.2) is 66.9 Å². The van der Waals surface area contributed by atoms with Crippen LogP contribution in [0.2, 0.25) is 0 Å². The van der Waals surface area contributed by atoms with E-state index in [-0.39, 0.29) is 0 Å². The molecule has 0 radical (unpaired) electrons. The smallest absolute Gasteiger partial charge is 0.313 e. The maximum atomic E-state index is 13.0. The molecular formula is C18H11F3N2. The lowest BCUT2D eigenvalue weighted by Crippen LogP contribution is -2.05. The number of nitrogens with zero attached hydrogens (tertiary/aromatic N) is 2. The van der Waals surface area contributed by atoms with Gasteiger partial charge in [0.1, 0.15) is 0 Å². The number of aromatic nitrogens is 2. The fourth-order valence-corrected chi connectivity index (χ4v) is 2.76. The van der Waals surface area contributed by atoms with Gasteiger partial charge in [0, 0.05) is 11.8 Å². The summed E-state index contributed by atoms with van der Waals surface area (Å²) in [6.45, 7) is 0. The van der Waals surface area contributed by atoms with Crippen LogP contribution < -0.4 is 0 Å². The Labute approximate surface area is 129 Å². The van der Waals surface area contributed by atoms with Crippen molar-refractivity contribution in [3.63, 3.8) is 0 Å². The normalized spacial score (nSPS) is 12.1. The van der Waals surface area contributed by atoms with Crippen LogP contribution in [0, 0.1) is 0 Å². The predicted octanol–water partition coefficient (Wildman–Crippen LogP) is 5.17. The fourth-order valence-electron chi connectivity index (χ4n) is 2.76. The molecule has 0 saturated heterocycles. The summed E-state index contributed by atoms with van der Waals surface area (Å²) >= 11 is 0. The number of hydrogen-bond donors (Lipinski definition) is 0. The Morgan fingerprint density at radius 2 is 1.61 bits per heavy atom. The monoisotopic (exact) mass is 312 g/mol. The first-order valence-electron chi connectivity index (χ1n) is 7.07. The Morgan fingerprint density at radius 1 is 0.826 bits per heavy atom. The van der Waals surface area contributed by atoms with Gasteiger partial charge in [0.25, 0.3) is 0 Å². The minimum Gasteiger partial charge on any atom is -0.313 e. The predicted molar refractivity (Wildman–Crippen MR) is 83.1 cm³/mol. The highest BCUT2D eigenvalue weighted by Crippen LogP contribution is 2.33. The highest BCUT2D eigenvalue weighted by atomic mass is 19.4. The second-order valence-corrected chi connectivity index (χ2v) is 5.29. The quantitative estimate of drug-likeness (QED) is 0.474. The molecule has 2 heterocycles. The molecule has 0 amide bonds. The molecular weight excluding hydrogens is 301 g/mol. The molecule has 0 bridgehead atoms. The molecule has 23 heavy (non-hydrogen) atoms. The molecule has 0 fully saturated rings. The second kappa shape index (κ2) is 4.84. The van der Waals surface area contributed by atoms with E-state index < -0.39 is 11.7 Å². The molecule has 4 aromatic rings. The van der Waals surface area contributed by atoms with Crippen molar-refractivity contribution in [3.05, 3.63) is 72.4 Å². The Balaban J connectivity index is 2.07. The maximum Gasteiger partial charge on any atom is 0.416 e. The first kappa shape index (κ1) is 13.8. The zero-order chi connectivity index (χ0) is 16.0. The number of fused-ring (bicyclic) bond motifs is 3. The highest BCUT2D eigenvalue weighted by Gasteiger charge is 2.30. The van der Waals surface area contributed by atoms with Crippen LogP contribution in [0.1, 0.15) is 5.56 Å². The molecule has 114 valence electrons. The number of hydrogen-bond acceptors (Lipinski definition) is 1. The van der Waals surface area contributed by atoms with E-state index in [0.717, 1.165) is 23.2 Å². The molecule has 2 aromatic heterocycles. The third-order valence-corrected chi connectivity index (χ3v) is 3.83. The van der Waals surface area contributed by atoms with Crippen LogP contribution in [-0.2, 0) is 6.18 Å². The van der Waals surface area contributed by atoms with Gasteiger partial charge in [0.05, 0.1) is 27.8 Å². The minimum absolute atomic E-state index is 0.322. The van der Waals surface area contributed by atoms with E-state index in [1.165, 1.54) is 6.07 Å². The van der Waals surface area contributed by atoms with Gasteiger partial charge in [-0.3, -0.25) is 0 Å². The molecule has 2 nitrogen and oxygen atoms in total. The molecule has 2 aromatic carbocycles. The van der Waals surface area contributed by atoms with Gasteiger partial charge in [-0.25, -0.2) is 4.98 Å². The summed E-state index contributed by atoms with van der Waals surface area (Å²) in [6, 6.07) is 16.9. The Morgan fingerprint density at radius 3 is 2.35 bits per heavy atom. The van der Waals surface area contributed by atoms with Crippen LogP contribution in [0.3, 0.4) is 0 Å². The lowest BCUT2D eigenvalue weighted by atomic mass is 10.1. The molecule has 4 rings (SSSR count). The lowest BCUT2D eigenvalue weighted by Gasteiger charge is -2.11. The summed E-state index contributed by atoms with van der Waals surface area (Å²) in [4.78, 5) is 4.50. The summed E-state index contributed by atoms with van der Waals surface area (Å²) < 4.78 is 40.7. The van der Waals surface area contributed by atoms with Crippen molar-refractivity contribution in [1.29, 1.82) is 0 Å². The van der Waals surface area contributed by atoms with E-state index in [2.05, 4.69) is 4.98 Å². The zero-order valence-corrected chi connectivity index (χ0v) is 11.9. The third kappa shape index (κ3) is 2.25. The summed E-state index contributed by atoms with van der Waals surface area (Å²) in [7, 11) is 0. The van der Waals surface area contributed by atoms with Crippen molar-refractivity contribution in [2.75, 3.05) is 0 Å². The standard InChI is InChI=1S/C18H11F3N2/c19-18(20,21)13-8-9-15-14(11-13)22-17(12-5-2-1-3-6-12)16-7-4-10-23(15)16/h1-11H. The zero-order valence-electron chi connectivity index (χ0n) is 11.9. The van der Waals surface area contributed by atoms with Crippen molar-refractivity contribution in [3.8, 4) is 11.3 Å². The summed E-state index contributed by atoms with van der Waals surface area (Å²) in [5.74, 6) is 0. The minimum atomic E-state index is -4.38. The SMILES string of the molecule is FC(F)(F)c1ccc2c(c1)nc(-c1ccccc1)c1cccn12. The van der Waals surface area contributed by atoms with Crippen molar-refractivity contribution >= 4 is 16.6 Å². The number of halogens is 3.